The van der Waals surface area contributed by atoms with Crippen molar-refractivity contribution in [3.05, 3.63) is 23.8 Å². The van der Waals surface area contributed by atoms with Crippen LogP contribution in [0, 0.1) is 0 Å². The van der Waals surface area contributed by atoms with Crippen molar-refractivity contribution >= 4 is 0 Å². The molecule has 2 atom stereocenters. The van der Waals surface area contributed by atoms with Crippen LogP contribution in [0.2, 0.25) is 0 Å². The number of hydrogen-bond acceptors (Lipinski definition) is 5. The Labute approximate surface area is 138 Å². The fourth-order valence-electron chi connectivity index (χ4n) is 3.52. The lowest BCUT2D eigenvalue weighted by atomic mass is 9.89. The number of para-hydroxylation sites is 1. The Hall–Kier alpha value is -1.30. The zero-order valence-corrected chi connectivity index (χ0v) is 14.1. The molecule has 2 aliphatic heterocycles. The molecule has 2 saturated heterocycles. The van der Waals surface area contributed by atoms with E-state index in [9.17, 15) is 0 Å². The van der Waals surface area contributed by atoms with Gasteiger partial charge in [0.2, 0.25) is 0 Å². The van der Waals surface area contributed by atoms with Gasteiger partial charge in [-0.1, -0.05) is 12.1 Å². The zero-order valence-electron chi connectivity index (χ0n) is 14.1. The number of hydrogen-bond donors (Lipinski definition) is 1. The van der Waals surface area contributed by atoms with E-state index >= 15 is 0 Å². The lowest BCUT2D eigenvalue weighted by molar-refractivity contribution is -0.0894. The summed E-state index contributed by atoms with van der Waals surface area (Å²) in [6.45, 7) is 5.74. The van der Waals surface area contributed by atoms with Crippen molar-refractivity contribution in [1.29, 1.82) is 0 Å². The average molecular weight is 321 g/mol. The minimum Gasteiger partial charge on any atom is -0.493 e. The summed E-state index contributed by atoms with van der Waals surface area (Å²) in [4.78, 5) is 0. The van der Waals surface area contributed by atoms with Crippen LogP contribution >= 0.6 is 0 Å². The van der Waals surface area contributed by atoms with E-state index < -0.39 is 0 Å². The Balaban J connectivity index is 1.62. The van der Waals surface area contributed by atoms with Crippen molar-refractivity contribution in [1.82, 2.24) is 5.32 Å². The van der Waals surface area contributed by atoms with E-state index in [0.29, 0.717) is 12.6 Å². The first-order valence-electron chi connectivity index (χ1n) is 8.50. The molecule has 0 aromatic heterocycles. The first-order valence-corrected chi connectivity index (χ1v) is 8.50. The van der Waals surface area contributed by atoms with Gasteiger partial charge in [-0.15, -0.1) is 0 Å². The largest absolute Gasteiger partial charge is 0.493 e. The van der Waals surface area contributed by atoms with Crippen LogP contribution in [0.25, 0.3) is 0 Å². The highest BCUT2D eigenvalue weighted by molar-refractivity contribution is 5.46. The average Bonchev–Trinajstić information content (AvgIpc) is 3.01. The minimum absolute atomic E-state index is 0.0623. The summed E-state index contributed by atoms with van der Waals surface area (Å²) in [6.07, 6.45) is 3.06. The minimum atomic E-state index is -0.0623. The highest BCUT2D eigenvalue weighted by Crippen LogP contribution is 2.34. The molecule has 0 radical (unpaired) electrons. The molecule has 5 nitrogen and oxygen atoms in total. The van der Waals surface area contributed by atoms with E-state index in [4.69, 9.17) is 18.9 Å². The van der Waals surface area contributed by atoms with Gasteiger partial charge >= 0.3 is 0 Å². The summed E-state index contributed by atoms with van der Waals surface area (Å²) in [5, 5.41) is 3.66. The van der Waals surface area contributed by atoms with Crippen LogP contribution in [-0.2, 0) is 16.0 Å². The van der Waals surface area contributed by atoms with Crippen LogP contribution in [0.1, 0.15) is 31.7 Å². The predicted octanol–water partition coefficient (Wildman–Crippen LogP) is 2.52. The maximum absolute atomic E-state index is 5.99. The normalized spacial score (nSPS) is 27.3. The second kappa shape index (κ2) is 7.51. The Bertz CT molecular complexity index is 514. The van der Waals surface area contributed by atoms with E-state index in [0.717, 1.165) is 62.7 Å². The molecule has 2 fully saturated rings. The Morgan fingerprint density at radius 3 is 3.00 bits per heavy atom. The summed E-state index contributed by atoms with van der Waals surface area (Å²) < 4.78 is 22.7. The van der Waals surface area contributed by atoms with Gasteiger partial charge in [-0.2, -0.15) is 0 Å². The fraction of sp³-hybridized carbons (Fsp3) is 0.667. The summed E-state index contributed by atoms with van der Waals surface area (Å²) in [5.74, 6) is 1.63. The third-order valence-corrected chi connectivity index (χ3v) is 4.71. The summed E-state index contributed by atoms with van der Waals surface area (Å²) in [7, 11) is 1.70. The van der Waals surface area contributed by atoms with E-state index in [-0.39, 0.29) is 5.60 Å². The quantitative estimate of drug-likeness (QED) is 0.872. The van der Waals surface area contributed by atoms with Gasteiger partial charge in [0, 0.05) is 37.8 Å². The first-order chi connectivity index (χ1) is 11.3. The Kier molecular flexibility index (Phi) is 5.41. The van der Waals surface area contributed by atoms with Crippen molar-refractivity contribution in [2.45, 2.75) is 44.4 Å². The number of rotatable bonds is 6. The number of nitrogens with one attached hydrogen (secondary N) is 1. The maximum atomic E-state index is 5.99. The molecule has 0 bridgehead atoms. The molecular formula is C18H27NO4. The van der Waals surface area contributed by atoms with Crippen LogP contribution in [0.3, 0.4) is 0 Å². The molecule has 0 saturated carbocycles. The SMILES string of the molecule is CCOc1cccc(CN[C@H]2CCO[C@@]3(CCOC3)C2)c1OC. The first kappa shape index (κ1) is 16.6. The molecule has 2 aliphatic rings. The van der Waals surface area contributed by atoms with E-state index in [2.05, 4.69) is 11.4 Å². The molecule has 0 unspecified atom stereocenters. The molecule has 3 rings (SSSR count). The molecule has 2 heterocycles. The third-order valence-electron chi connectivity index (χ3n) is 4.71. The van der Waals surface area contributed by atoms with Gasteiger partial charge in [0.05, 0.1) is 25.9 Å². The van der Waals surface area contributed by atoms with Crippen molar-refractivity contribution in [3.63, 3.8) is 0 Å². The molecule has 1 spiro atoms. The highest BCUT2D eigenvalue weighted by atomic mass is 16.6. The second-order valence-corrected chi connectivity index (χ2v) is 6.29. The van der Waals surface area contributed by atoms with Crippen molar-refractivity contribution in [3.8, 4) is 11.5 Å². The zero-order chi connectivity index (χ0) is 16.1. The standard InChI is InChI=1S/C18H27NO4/c1-3-22-16-6-4-5-14(17(16)20-2)12-19-15-7-9-23-18(11-15)8-10-21-13-18/h4-6,15,19H,3,7-13H2,1-2H3/t15-,18-/m0/s1. The highest BCUT2D eigenvalue weighted by Gasteiger charge is 2.40. The maximum Gasteiger partial charge on any atom is 0.165 e. The van der Waals surface area contributed by atoms with Crippen LogP contribution in [0.5, 0.6) is 11.5 Å². The second-order valence-electron chi connectivity index (χ2n) is 6.29. The van der Waals surface area contributed by atoms with E-state index in [1.165, 1.54) is 0 Å². The van der Waals surface area contributed by atoms with Crippen LogP contribution < -0.4 is 14.8 Å². The number of ether oxygens (including phenoxy) is 4. The predicted molar refractivity (Wildman–Crippen MR) is 88.1 cm³/mol. The van der Waals surface area contributed by atoms with Crippen LogP contribution in [0.4, 0.5) is 0 Å². The van der Waals surface area contributed by atoms with Gasteiger partial charge in [-0.25, -0.2) is 0 Å². The van der Waals surface area contributed by atoms with Crippen molar-refractivity contribution in [2.75, 3.05) is 33.5 Å². The Morgan fingerprint density at radius 2 is 2.26 bits per heavy atom. The van der Waals surface area contributed by atoms with Gasteiger partial charge < -0.3 is 24.3 Å². The van der Waals surface area contributed by atoms with Gasteiger partial charge in [-0.05, 0) is 25.8 Å². The lowest BCUT2D eigenvalue weighted by Crippen LogP contribution is -2.47. The van der Waals surface area contributed by atoms with Crippen molar-refractivity contribution < 1.29 is 18.9 Å². The van der Waals surface area contributed by atoms with Crippen LogP contribution in [-0.4, -0.2) is 45.2 Å². The number of methoxy groups -OCH3 is 1. The molecule has 1 aromatic rings. The lowest BCUT2D eigenvalue weighted by Gasteiger charge is -2.37. The molecule has 1 N–H and O–H groups in total. The monoisotopic (exact) mass is 321 g/mol. The topological polar surface area (TPSA) is 49.0 Å². The van der Waals surface area contributed by atoms with Gasteiger partial charge in [-0.3, -0.25) is 0 Å². The molecule has 5 heteroatoms. The van der Waals surface area contributed by atoms with Gasteiger partial charge in [0.1, 0.15) is 0 Å². The summed E-state index contributed by atoms with van der Waals surface area (Å²) >= 11 is 0. The molecule has 0 aliphatic carbocycles. The summed E-state index contributed by atoms with van der Waals surface area (Å²) in [5.41, 5.74) is 1.06. The molecule has 0 amide bonds. The molecular weight excluding hydrogens is 294 g/mol. The van der Waals surface area contributed by atoms with Crippen LogP contribution in [0.15, 0.2) is 18.2 Å². The van der Waals surface area contributed by atoms with E-state index in [1.807, 2.05) is 19.1 Å². The molecule has 23 heavy (non-hydrogen) atoms. The van der Waals surface area contributed by atoms with Gasteiger partial charge in [0.15, 0.2) is 11.5 Å². The van der Waals surface area contributed by atoms with E-state index in [1.54, 1.807) is 7.11 Å². The van der Waals surface area contributed by atoms with Crippen molar-refractivity contribution in [2.24, 2.45) is 0 Å². The molecule has 128 valence electrons. The number of benzene rings is 1. The molecule has 1 aromatic carbocycles. The summed E-state index contributed by atoms with van der Waals surface area (Å²) in [6, 6.07) is 6.50. The Morgan fingerprint density at radius 1 is 1.35 bits per heavy atom. The smallest absolute Gasteiger partial charge is 0.165 e. The third kappa shape index (κ3) is 3.79. The fourth-order valence-corrected chi connectivity index (χ4v) is 3.52. The van der Waals surface area contributed by atoms with Gasteiger partial charge in [0.25, 0.3) is 0 Å².